The van der Waals surface area contributed by atoms with Gasteiger partial charge in [0.1, 0.15) is 0 Å². The summed E-state index contributed by atoms with van der Waals surface area (Å²) in [5.74, 6) is 1.11. The van der Waals surface area contributed by atoms with Gasteiger partial charge in [-0.15, -0.1) is 0 Å². The molecule has 0 spiro atoms. The Balaban J connectivity index is 2.33. The third kappa shape index (κ3) is 2.17. The zero-order valence-electron chi connectivity index (χ0n) is 9.79. The SMILES string of the molecule is CCN(CC)c1noc(-c2nccnc2N)n1. The molecule has 2 aromatic heterocycles. The van der Waals surface area contributed by atoms with Crippen LogP contribution < -0.4 is 10.6 Å². The number of aromatic nitrogens is 4. The molecule has 0 unspecified atom stereocenters. The van der Waals surface area contributed by atoms with Crippen molar-refractivity contribution in [3.05, 3.63) is 12.4 Å². The molecule has 0 amide bonds. The van der Waals surface area contributed by atoms with Gasteiger partial charge in [-0.3, -0.25) is 0 Å². The predicted octanol–water partition coefficient (Wildman–Crippen LogP) is 0.955. The van der Waals surface area contributed by atoms with Crippen LogP contribution in [0, 0.1) is 0 Å². The van der Waals surface area contributed by atoms with Crippen molar-refractivity contribution < 1.29 is 4.52 Å². The predicted molar refractivity (Wildman–Crippen MR) is 63.3 cm³/mol. The van der Waals surface area contributed by atoms with Crippen molar-refractivity contribution >= 4 is 11.8 Å². The molecule has 0 atom stereocenters. The molecule has 2 rings (SSSR count). The summed E-state index contributed by atoms with van der Waals surface area (Å²) >= 11 is 0. The summed E-state index contributed by atoms with van der Waals surface area (Å²) in [4.78, 5) is 14.2. The summed E-state index contributed by atoms with van der Waals surface area (Å²) in [6.45, 7) is 5.67. The topological polar surface area (TPSA) is 94.0 Å². The van der Waals surface area contributed by atoms with Gasteiger partial charge in [0.25, 0.3) is 11.8 Å². The molecule has 0 saturated heterocycles. The Morgan fingerprint density at radius 2 is 1.94 bits per heavy atom. The molecular formula is C10H14N6O. The van der Waals surface area contributed by atoms with Gasteiger partial charge >= 0.3 is 0 Å². The Morgan fingerprint density at radius 1 is 1.24 bits per heavy atom. The molecule has 2 heterocycles. The van der Waals surface area contributed by atoms with Gasteiger partial charge in [0.2, 0.25) is 0 Å². The van der Waals surface area contributed by atoms with E-state index >= 15 is 0 Å². The lowest BCUT2D eigenvalue weighted by molar-refractivity contribution is 0.428. The molecule has 0 saturated carbocycles. The number of rotatable bonds is 4. The number of anilines is 2. The summed E-state index contributed by atoms with van der Waals surface area (Å²) in [7, 11) is 0. The highest BCUT2D eigenvalue weighted by Gasteiger charge is 2.16. The van der Waals surface area contributed by atoms with Crippen LogP contribution in [0.25, 0.3) is 11.6 Å². The Hall–Kier alpha value is -2.18. The molecule has 0 aliphatic heterocycles. The second-order valence-electron chi connectivity index (χ2n) is 3.36. The summed E-state index contributed by atoms with van der Waals surface area (Å²) < 4.78 is 5.13. The first-order valence-corrected chi connectivity index (χ1v) is 5.41. The molecule has 0 fully saturated rings. The van der Waals surface area contributed by atoms with Gasteiger partial charge in [0.15, 0.2) is 11.5 Å². The standard InChI is InChI=1S/C10H14N6O/c1-3-16(4-2)10-14-9(17-15-10)7-8(11)13-6-5-12-7/h5-6H,3-4H2,1-2H3,(H2,11,13). The lowest BCUT2D eigenvalue weighted by atomic mass is 10.4. The average molecular weight is 234 g/mol. The highest BCUT2D eigenvalue weighted by molar-refractivity contribution is 5.62. The fourth-order valence-electron chi connectivity index (χ4n) is 1.46. The van der Waals surface area contributed by atoms with Crippen LogP contribution in [0.3, 0.4) is 0 Å². The first-order chi connectivity index (χ1) is 8.26. The van der Waals surface area contributed by atoms with E-state index in [0.29, 0.717) is 11.6 Å². The van der Waals surface area contributed by atoms with E-state index in [1.807, 2.05) is 18.7 Å². The summed E-state index contributed by atoms with van der Waals surface area (Å²) in [5, 5.41) is 3.89. The van der Waals surface area contributed by atoms with Crippen LogP contribution in [0.2, 0.25) is 0 Å². The van der Waals surface area contributed by atoms with Crippen LogP contribution in [0.1, 0.15) is 13.8 Å². The highest BCUT2D eigenvalue weighted by atomic mass is 16.5. The van der Waals surface area contributed by atoms with Gasteiger partial charge in [0, 0.05) is 25.5 Å². The lowest BCUT2D eigenvalue weighted by Gasteiger charge is -2.14. The van der Waals surface area contributed by atoms with Crippen molar-refractivity contribution in [3.8, 4) is 11.6 Å². The number of hydrogen-bond donors (Lipinski definition) is 1. The van der Waals surface area contributed by atoms with Gasteiger partial charge in [-0.25, -0.2) is 9.97 Å². The minimum absolute atomic E-state index is 0.280. The van der Waals surface area contributed by atoms with Crippen molar-refractivity contribution in [1.29, 1.82) is 0 Å². The second-order valence-corrected chi connectivity index (χ2v) is 3.36. The molecule has 2 aromatic rings. The largest absolute Gasteiger partial charge is 0.382 e. The Morgan fingerprint density at radius 3 is 2.59 bits per heavy atom. The van der Waals surface area contributed by atoms with Crippen molar-refractivity contribution in [3.63, 3.8) is 0 Å². The molecule has 0 bridgehead atoms. The van der Waals surface area contributed by atoms with Crippen molar-refractivity contribution in [2.75, 3.05) is 23.7 Å². The lowest BCUT2D eigenvalue weighted by Crippen LogP contribution is -2.22. The number of nitrogens with zero attached hydrogens (tertiary/aromatic N) is 5. The molecule has 0 aliphatic carbocycles. The Kier molecular flexibility index (Phi) is 3.17. The fourth-order valence-corrected chi connectivity index (χ4v) is 1.46. The van der Waals surface area contributed by atoms with Crippen LogP contribution in [0.15, 0.2) is 16.9 Å². The van der Waals surface area contributed by atoms with Crippen LogP contribution in [-0.4, -0.2) is 33.2 Å². The molecule has 17 heavy (non-hydrogen) atoms. The van der Waals surface area contributed by atoms with Gasteiger partial charge in [-0.1, -0.05) is 0 Å². The van der Waals surface area contributed by atoms with Gasteiger partial charge < -0.3 is 15.2 Å². The summed E-state index contributed by atoms with van der Waals surface area (Å²) in [6.07, 6.45) is 3.05. The smallest absolute Gasteiger partial charge is 0.281 e. The van der Waals surface area contributed by atoms with Gasteiger partial charge in [0.05, 0.1) is 0 Å². The molecule has 90 valence electrons. The van der Waals surface area contributed by atoms with Crippen molar-refractivity contribution in [2.45, 2.75) is 13.8 Å². The van der Waals surface area contributed by atoms with Crippen LogP contribution in [-0.2, 0) is 0 Å². The maximum atomic E-state index is 5.69. The highest BCUT2D eigenvalue weighted by Crippen LogP contribution is 2.21. The molecule has 7 heteroatoms. The van der Waals surface area contributed by atoms with Crippen molar-refractivity contribution in [2.24, 2.45) is 0 Å². The quantitative estimate of drug-likeness (QED) is 0.841. The normalized spacial score (nSPS) is 10.5. The van der Waals surface area contributed by atoms with E-state index in [1.54, 1.807) is 0 Å². The Labute approximate surface area is 98.7 Å². The zero-order valence-corrected chi connectivity index (χ0v) is 9.79. The maximum absolute atomic E-state index is 5.69. The minimum Gasteiger partial charge on any atom is -0.382 e. The summed E-state index contributed by atoms with van der Waals surface area (Å²) in [5.41, 5.74) is 6.10. The van der Waals surface area contributed by atoms with E-state index in [9.17, 15) is 0 Å². The minimum atomic E-state index is 0.280. The average Bonchev–Trinajstić information content (AvgIpc) is 2.81. The van der Waals surface area contributed by atoms with E-state index in [0.717, 1.165) is 13.1 Å². The first-order valence-electron chi connectivity index (χ1n) is 5.41. The summed E-state index contributed by atoms with van der Waals surface area (Å²) in [6, 6.07) is 0. The number of nitrogen functional groups attached to an aromatic ring is 1. The maximum Gasteiger partial charge on any atom is 0.281 e. The van der Waals surface area contributed by atoms with E-state index in [-0.39, 0.29) is 11.7 Å². The van der Waals surface area contributed by atoms with E-state index in [1.165, 1.54) is 12.4 Å². The molecule has 7 nitrogen and oxygen atoms in total. The monoisotopic (exact) mass is 234 g/mol. The fraction of sp³-hybridized carbons (Fsp3) is 0.400. The van der Waals surface area contributed by atoms with Crippen LogP contribution >= 0.6 is 0 Å². The molecule has 0 aromatic carbocycles. The van der Waals surface area contributed by atoms with E-state index < -0.39 is 0 Å². The van der Waals surface area contributed by atoms with Crippen molar-refractivity contribution in [1.82, 2.24) is 20.1 Å². The third-order valence-corrected chi connectivity index (χ3v) is 2.39. The van der Waals surface area contributed by atoms with Crippen LogP contribution in [0.4, 0.5) is 11.8 Å². The number of hydrogen-bond acceptors (Lipinski definition) is 7. The zero-order chi connectivity index (χ0) is 12.3. The first kappa shape index (κ1) is 11.3. The molecule has 2 N–H and O–H groups in total. The number of nitrogens with two attached hydrogens (primary N) is 1. The van der Waals surface area contributed by atoms with E-state index in [2.05, 4.69) is 20.1 Å². The Bertz CT molecular complexity index is 493. The van der Waals surface area contributed by atoms with Gasteiger partial charge in [-0.05, 0) is 19.0 Å². The second kappa shape index (κ2) is 4.77. The van der Waals surface area contributed by atoms with E-state index in [4.69, 9.17) is 10.3 Å². The molecule has 0 radical (unpaired) electrons. The molecular weight excluding hydrogens is 220 g/mol. The third-order valence-electron chi connectivity index (χ3n) is 2.39. The molecule has 0 aliphatic rings. The van der Waals surface area contributed by atoms with Gasteiger partial charge in [-0.2, -0.15) is 4.98 Å². The van der Waals surface area contributed by atoms with Crippen LogP contribution in [0.5, 0.6) is 0 Å².